The van der Waals surface area contributed by atoms with Crippen LogP contribution in [0.4, 0.5) is 0 Å². The normalized spacial score (nSPS) is 11.3. The first kappa shape index (κ1) is 21.9. The van der Waals surface area contributed by atoms with Gasteiger partial charge in [0.25, 0.3) is 0 Å². The second kappa shape index (κ2) is 8.66. The van der Waals surface area contributed by atoms with Crippen molar-refractivity contribution in [3.05, 3.63) is 82.6 Å². The molecule has 0 saturated carbocycles. The predicted molar refractivity (Wildman–Crippen MR) is 130 cm³/mol. The summed E-state index contributed by atoms with van der Waals surface area (Å²) in [7, 11) is 0. The van der Waals surface area contributed by atoms with E-state index in [-0.39, 0.29) is 5.97 Å². The molecule has 0 unspecified atom stereocenters. The minimum absolute atomic E-state index is 0.316. The summed E-state index contributed by atoms with van der Waals surface area (Å²) in [6, 6.07) is 18.8. The first-order valence-corrected chi connectivity index (χ1v) is 11.2. The molecule has 0 fully saturated rings. The van der Waals surface area contributed by atoms with Gasteiger partial charge in [-0.2, -0.15) is 0 Å². The van der Waals surface area contributed by atoms with E-state index in [1.165, 1.54) is 22.3 Å². The van der Waals surface area contributed by atoms with Gasteiger partial charge in [0.15, 0.2) is 0 Å². The van der Waals surface area contributed by atoms with E-state index in [4.69, 9.17) is 9.15 Å². The monoisotopic (exact) mass is 426 g/mol. The van der Waals surface area contributed by atoms with Gasteiger partial charge < -0.3 is 9.15 Å². The summed E-state index contributed by atoms with van der Waals surface area (Å²) in [5, 5.41) is 0. The van der Waals surface area contributed by atoms with Crippen molar-refractivity contribution in [3.63, 3.8) is 0 Å². The molecule has 1 heterocycles. The average molecular weight is 427 g/mol. The first-order valence-electron chi connectivity index (χ1n) is 11.2. The third-order valence-corrected chi connectivity index (χ3v) is 6.09. The zero-order valence-electron chi connectivity index (χ0n) is 19.7. The Morgan fingerprint density at radius 3 is 2.28 bits per heavy atom. The molecule has 4 rings (SSSR count). The van der Waals surface area contributed by atoms with E-state index in [0.717, 1.165) is 22.3 Å². The predicted octanol–water partition coefficient (Wildman–Crippen LogP) is 7.94. The molecule has 1 aromatic heterocycles. The third-order valence-electron chi connectivity index (χ3n) is 6.09. The largest absolute Gasteiger partial charge is 0.462 e. The van der Waals surface area contributed by atoms with Gasteiger partial charge in [0.05, 0.1) is 6.61 Å². The molecule has 0 N–H and O–H groups in total. The summed E-state index contributed by atoms with van der Waals surface area (Å²) >= 11 is 0. The molecule has 32 heavy (non-hydrogen) atoms. The van der Waals surface area contributed by atoms with Crippen LogP contribution in [-0.4, -0.2) is 12.6 Å². The van der Waals surface area contributed by atoms with Gasteiger partial charge in [0.1, 0.15) is 17.1 Å². The van der Waals surface area contributed by atoms with Crippen LogP contribution in [0.25, 0.3) is 33.6 Å². The highest BCUT2D eigenvalue weighted by Gasteiger charge is 2.30. The van der Waals surface area contributed by atoms with Crippen LogP contribution in [0.5, 0.6) is 0 Å². The van der Waals surface area contributed by atoms with E-state index in [1.54, 1.807) is 0 Å². The number of esters is 1. The zero-order valence-corrected chi connectivity index (χ0v) is 19.7. The SMILES string of the molecule is CCOC(=O)c1c(C)oc(-c2ccccc2)c1-c1cc(C)c2cc(C(C)C)ccc(C)c1-2. The smallest absolute Gasteiger partial charge is 0.342 e. The summed E-state index contributed by atoms with van der Waals surface area (Å²) in [5.41, 5.74) is 9.27. The van der Waals surface area contributed by atoms with Crippen molar-refractivity contribution in [2.45, 2.75) is 47.5 Å². The van der Waals surface area contributed by atoms with Crippen LogP contribution in [0.3, 0.4) is 0 Å². The Morgan fingerprint density at radius 1 is 0.906 bits per heavy atom. The third kappa shape index (κ3) is 3.73. The Labute approximate surface area is 190 Å². The minimum atomic E-state index is -0.348. The lowest BCUT2D eigenvalue weighted by Gasteiger charge is -2.09. The van der Waals surface area contributed by atoms with Crippen LogP contribution in [0, 0.1) is 20.8 Å². The average Bonchev–Trinajstić information content (AvgIpc) is 3.21. The van der Waals surface area contributed by atoms with Crippen molar-refractivity contribution in [3.8, 4) is 33.6 Å². The molecule has 0 radical (unpaired) electrons. The van der Waals surface area contributed by atoms with Crippen LogP contribution in [0.15, 0.2) is 59.0 Å². The maximum absolute atomic E-state index is 13.1. The van der Waals surface area contributed by atoms with E-state index >= 15 is 0 Å². The number of hydrogen-bond donors (Lipinski definition) is 0. The van der Waals surface area contributed by atoms with Crippen LogP contribution < -0.4 is 0 Å². The molecular weight excluding hydrogens is 396 g/mol. The standard InChI is InChI=1S/C29H30O3/c1-7-31-29(30)26-20(6)32-28(21-11-9-8-10-12-21)27(26)24-15-19(5)23-16-22(17(2)3)14-13-18(4)25(23)24/h8-17H,7H2,1-6H3. The maximum atomic E-state index is 13.1. The number of rotatable bonds is 5. The molecule has 0 aliphatic heterocycles. The van der Waals surface area contributed by atoms with Crippen molar-refractivity contribution < 1.29 is 13.9 Å². The Hall–Kier alpha value is -3.33. The zero-order chi connectivity index (χ0) is 23.0. The van der Waals surface area contributed by atoms with Crippen molar-refractivity contribution in [1.29, 1.82) is 0 Å². The first-order chi connectivity index (χ1) is 15.3. The summed E-state index contributed by atoms with van der Waals surface area (Å²) in [4.78, 5) is 13.1. The number of aryl methyl sites for hydroxylation is 3. The highest BCUT2D eigenvalue weighted by atomic mass is 16.5. The number of hydrogen-bond acceptors (Lipinski definition) is 3. The van der Waals surface area contributed by atoms with E-state index in [0.29, 0.717) is 29.6 Å². The number of carbonyl (C=O) groups is 1. The lowest BCUT2D eigenvalue weighted by molar-refractivity contribution is 0.0525. The van der Waals surface area contributed by atoms with Crippen LogP contribution >= 0.6 is 0 Å². The fourth-order valence-corrected chi connectivity index (χ4v) is 4.44. The van der Waals surface area contributed by atoms with Gasteiger partial charge in [-0.25, -0.2) is 4.79 Å². The Kier molecular flexibility index (Phi) is 5.92. The maximum Gasteiger partial charge on any atom is 0.342 e. The Bertz CT molecular complexity index is 1250. The number of ether oxygens (including phenoxy) is 1. The number of carbonyl (C=O) groups excluding carboxylic acids is 1. The van der Waals surface area contributed by atoms with Gasteiger partial charge in [-0.1, -0.05) is 68.4 Å². The molecule has 2 aromatic rings. The fourth-order valence-electron chi connectivity index (χ4n) is 4.44. The van der Waals surface area contributed by atoms with Crippen molar-refractivity contribution in [2.24, 2.45) is 0 Å². The summed E-state index contributed by atoms with van der Waals surface area (Å²) in [6.07, 6.45) is 0. The fraction of sp³-hybridized carbons (Fsp3) is 0.276. The van der Waals surface area contributed by atoms with Crippen molar-refractivity contribution in [2.75, 3.05) is 6.61 Å². The van der Waals surface area contributed by atoms with Gasteiger partial charge in [0, 0.05) is 11.1 Å². The number of furan rings is 1. The van der Waals surface area contributed by atoms with Gasteiger partial charge in [-0.3, -0.25) is 0 Å². The van der Waals surface area contributed by atoms with Crippen molar-refractivity contribution in [1.82, 2.24) is 0 Å². The number of fused-ring (bicyclic) bond motifs is 1. The van der Waals surface area contributed by atoms with Gasteiger partial charge in [0.2, 0.25) is 0 Å². The highest BCUT2D eigenvalue weighted by Crippen LogP contribution is 2.47. The molecule has 0 spiro atoms. The molecule has 2 aliphatic carbocycles. The number of benzene rings is 1. The topological polar surface area (TPSA) is 39.4 Å². The molecule has 0 bridgehead atoms. The highest BCUT2D eigenvalue weighted by molar-refractivity contribution is 6.06. The molecule has 0 amide bonds. The van der Waals surface area contributed by atoms with Gasteiger partial charge in [-0.05, 0) is 67.0 Å². The Balaban J connectivity index is 2.07. The summed E-state index contributed by atoms with van der Waals surface area (Å²) < 4.78 is 11.7. The van der Waals surface area contributed by atoms with E-state index in [9.17, 15) is 4.79 Å². The molecule has 3 heteroatoms. The minimum Gasteiger partial charge on any atom is -0.462 e. The summed E-state index contributed by atoms with van der Waals surface area (Å²) in [5.74, 6) is 1.35. The molecule has 164 valence electrons. The second-order valence-corrected chi connectivity index (χ2v) is 8.67. The van der Waals surface area contributed by atoms with Crippen molar-refractivity contribution >= 4 is 5.97 Å². The second-order valence-electron chi connectivity index (χ2n) is 8.67. The molecule has 3 nitrogen and oxygen atoms in total. The molecule has 1 aromatic carbocycles. The van der Waals surface area contributed by atoms with Crippen LogP contribution in [0.1, 0.15) is 59.5 Å². The van der Waals surface area contributed by atoms with E-state index in [1.807, 2.05) is 44.2 Å². The Morgan fingerprint density at radius 2 is 1.62 bits per heavy atom. The van der Waals surface area contributed by atoms with Crippen LogP contribution in [-0.2, 0) is 4.74 Å². The lowest BCUT2D eigenvalue weighted by atomic mass is 9.93. The quantitative estimate of drug-likeness (QED) is 0.304. The molecule has 0 atom stereocenters. The van der Waals surface area contributed by atoms with E-state index < -0.39 is 0 Å². The van der Waals surface area contributed by atoms with E-state index in [2.05, 4.69) is 52.0 Å². The summed E-state index contributed by atoms with van der Waals surface area (Å²) in [6.45, 7) is 12.7. The molecular formula is C29H30O3. The lowest BCUT2D eigenvalue weighted by Crippen LogP contribution is -2.06. The molecule has 0 saturated heterocycles. The molecule has 2 aliphatic rings. The van der Waals surface area contributed by atoms with Crippen LogP contribution in [0.2, 0.25) is 0 Å². The van der Waals surface area contributed by atoms with Gasteiger partial charge in [-0.15, -0.1) is 0 Å². The van der Waals surface area contributed by atoms with Gasteiger partial charge >= 0.3 is 5.97 Å².